The number of fused-ring (bicyclic) bond motifs is 1. The van der Waals surface area contributed by atoms with Crippen molar-refractivity contribution in [2.45, 2.75) is 24.8 Å². The van der Waals surface area contributed by atoms with Crippen molar-refractivity contribution >= 4 is 30.5 Å². The Kier molecular flexibility index (Phi) is 4.48. The van der Waals surface area contributed by atoms with Crippen molar-refractivity contribution < 1.29 is 0 Å². The molecule has 90 valence electrons. The average Bonchev–Trinajstić information content (AvgIpc) is 2.56. The fourth-order valence-corrected chi connectivity index (χ4v) is 2.70. The molecule has 2 heterocycles. The molecule has 0 bridgehead atoms. The highest BCUT2D eigenvalue weighted by Gasteiger charge is 2.37. The van der Waals surface area contributed by atoms with E-state index in [-0.39, 0.29) is 24.8 Å². The Balaban J connectivity index is 0.000000640. The van der Waals surface area contributed by atoms with Crippen molar-refractivity contribution in [3.8, 4) is 0 Å². The average molecular weight is 261 g/mol. The molecule has 0 atom stereocenters. The minimum Gasteiger partial charge on any atom is -0.379 e. The summed E-state index contributed by atoms with van der Waals surface area (Å²) in [6, 6.07) is 8.71. The maximum absolute atomic E-state index is 3.71. The van der Waals surface area contributed by atoms with Crippen LogP contribution in [-0.2, 0) is 6.42 Å². The monoisotopic (exact) mass is 260 g/mol. The Bertz CT molecular complexity index is 322. The van der Waals surface area contributed by atoms with Crippen molar-refractivity contribution in [3.05, 3.63) is 29.8 Å². The molecule has 0 aromatic heterocycles. The van der Waals surface area contributed by atoms with Gasteiger partial charge in [0.1, 0.15) is 0 Å². The maximum Gasteiger partial charge on any atom is 0.0439 e. The molecule has 2 nitrogen and oxygen atoms in total. The zero-order valence-corrected chi connectivity index (χ0v) is 10.8. The van der Waals surface area contributed by atoms with Gasteiger partial charge in [0.15, 0.2) is 0 Å². The van der Waals surface area contributed by atoms with Gasteiger partial charge in [-0.05, 0) is 44.0 Å². The first-order valence-electron chi connectivity index (χ1n) is 5.45. The molecule has 4 heteroatoms. The first kappa shape index (κ1) is 13.6. The zero-order valence-electron chi connectivity index (χ0n) is 9.16. The van der Waals surface area contributed by atoms with Gasteiger partial charge in [0.25, 0.3) is 0 Å². The van der Waals surface area contributed by atoms with Crippen LogP contribution in [0.2, 0.25) is 0 Å². The Morgan fingerprint density at radius 3 is 2.38 bits per heavy atom. The van der Waals surface area contributed by atoms with Crippen LogP contribution in [0.25, 0.3) is 0 Å². The number of nitrogens with one attached hydrogen (secondary N) is 2. The van der Waals surface area contributed by atoms with Crippen LogP contribution in [0.15, 0.2) is 24.3 Å². The number of rotatable bonds is 0. The van der Waals surface area contributed by atoms with E-state index in [0.29, 0.717) is 5.54 Å². The van der Waals surface area contributed by atoms with Crippen LogP contribution in [0.4, 0.5) is 5.69 Å². The quantitative estimate of drug-likeness (QED) is 0.750. The van der Waals surface area contributed by atoms with E-state index in [1.165, 1.54) is 30.5 Å². The molecule has 1 saturated heterocycles. The minimum absolute atomic E-state index is 0. The maximum atomic E-state index is 3.71. The third-order valence-corrected chi connectivity index (χ3v) is 3.51. The molecule has 0 unspecified atom stereocenters. The van der Waals surface area contributed by atoms with Crippen LogP contribution >= 0.6 is 24.8 Å². The van der Waals surface area contributed by atoms with Gasteiger partial charge < -0.3 is 10.6 Å². The largest absolute Gasteiger partial charge is 0.379 e. The smallest absolute Gasteiger partial charge is 0.0439 e. The van der Waals surface area contributed by atoms with Crippen LogP contribution in [0, 0.1) is 0 Å². The Morgan fingerprint density at radius 2 is 1.69 bits per heavy atom. The van der Waals surface area contributed by atoms with E-state index in [1.807, 2.05) is 0 Å². The van der Waals surface area contributed by atoms with Crippen LogP contribution in [-0.4, -0.2) is 18.6 Å². The summed E-state index contributed by atoms with van der Waals surface area (Å²) in [6.07, 6.45) is 3.72. The van der Waals surface area contributed by atoms with Crippen molar-refractivity contribution in [1.29, 1.82) is 0 Å². The van der Waals surface area contributed by atoms with Crippen LogP contribution < -0.4 is 10.6 Å². The van der Waals surface area contributed by atoms with E-state index < -0.39 is 0 Å². The highest BCUT2D eigenvalue weighted by atomic mass is 35.5. The van der Waals surface area contributed by atoms with E-state index >= 15 is 0 Å². The highest BCUT2D eigenvalue weighted by molar-refractivity contribution is 5.85. The lowest BCUT2D eigenvalue weighted by Crippen LogP contribution is -2.46. The molecule has 16 heavy (non-hydrogen) atoms. The van der Waals surface area contributed by atoms with Crippen LogP contribution in [0.5, 0.6) is 0 Å². The molecule has 0 amide bonds. The molecule has 0 radical (unpaired) electrons. The summed E-state index contributed by atoms with van der Waals surface area (Å²) in [6.45, 7) is 2.31. The topological polar surface area (TPSA) is 24.1 Å². The van der Waals surface area contributed by atoms with Gasteiger partial charge in [-0.15, -0.1) is 24.8 Å². The van der Waals surface area contributed by atoms with Crippen molar-refractivity contribution in [1.82, 2.24) is 5.32 Å². The standard InChI is InChI=1S/C12H16N2.2ClH/c1-2-4-11-10(3-1)9-12(14-11)5-7-13-8-6-12;;/h1-4,13-14H,5-9H2;2*1H. The lowest BCUT2D eigenvalue weighted by molar-refractivity contribution is 0.348. The number of benzene rings is 1. The van der Waals surface area contributed by atoms with Gasteiger partial charge in [-0.3, -0.25) is 0 Å². The number of halogens is 2. The van der Waals surface area contributed by atoms with Gasteiger partial charge in [0, 0.05) is 11.2 Å². The lowest BCUT2D eigenvalue weighted by atomic mass is 9.86. The number of anilines is 1. The number of piperidine rings is 1. The summed E-state index contributed by atoms with van der Waals surface area (Å²) in [5.41, 5.74) is 3.22. The summed E-state index contributed by atoms with van der Waals surface area (Å²) in [4.78, 5) is 0. The van der Waals surface area contributed by atoms with E-state index in [2.05, 4.69) is 34.9 Å². The first-order valence-corrected chi connectivity index (χ1v) is 5.45. The molecule has 1 aromatic carbocycles. The molecule has 2 aliphatic heterocycles. The summed E-state index contributed by atoms with van der Waals surface area (Å²) in [7, 11) is 0. The van der Waals surface area contributed by atoms with E-state index in [4.69, 9.17) is 0 Å². The molecular weight excluding hydrogens is 243 g/mol. The van der Waals surface area contributed by atoms with Gasteiger partial charge in [0.05, 0.1) is 0 Å². The Labute approximate surface area is 109 Å². The van der Waals surface area contributed by atoms with E-state index in [9.17, 15) is 0 Å². The van der Waals surface area contributed by atoms with Gasteiger partial charge in [-0.2, -0.15) is 0 Å². The van der Waals surface area contributed by atoms with Gasteiger partial charge in [-0.1, -0.05) is 18.2 Å². The molecule has 0 saturated carbocycles. The Morgan fingerprint density at radius 1 is 1.00 bits per heavy atom. The van der Waals surface area contributed by atoms with E-state index in [1.54, 1.807) is 0 Å². The van der Waals surface area contributed by atoms with Crippen molar-refractivity contribution in [2.75, 3.05) is 18.4 Å². The second kappa shape index (κ2) is 5.26. The predicted octanol–water partition coefficient (Wildman–Crippen LogP) is 2.62. The normalized spacial score (nSPS) is 20.2. The van der Waals surface area contributed by atoms with Gasteiger partial charge in [0.2, 0.25) is 0 Å². The third-order valence-electron chi connectivity index (χ3n) is 3.51. The molecule has 2 N–H and O–H groups in total. The number of hydrogen-bond donors (Lipinski definition) is 2. The SMILES string of the molecule is Cl.Cl.c1ccc2c(c1)CC1(CCNCC1)N2. The number of hydrogen-bond acceptors (Lipinski definition) is 2. The summed E-state index contributed by atoms with van der Waals surface area (Å²) < 4.78 is 0. The fraction of sp³-hybridized carbons (Fsp3) is 0.500. The lowest BCUT2D eigenvalue weighted by Gasteiger charge is -2.34. The third kappa shape index (κ3) is 2.29. The van der Waals surface area contributed by atoms with Gasteiger partial charge in [-0.25, -0.2) is 0 Å². The van der Waals surface area contributed by atoms with Gasteiger partial charge >= 0.3 is 0 Å². The molecule has 3 rings (SSSR count). The predicted molar refractivity (Wildman–Crippen MR) is 73.1 cm³/mol. The fourth-order valence-electron chi connectivity index (χ4n) is 2.70. The molecule has 2 aliphatic rings. The van der Waals surface area contributed by atoms with Crippen LogP contribution in [0.1, 0.15) is 18.4 Å². The first-order chi connectivity index (χ1) is 6.88. The van der Waals surface area contributed by atoms with Crippen molar-refractivity contribution in [2.24, 2.45) is 0 Å². The highest BCUT2D eigenvalue weighted by Crippen LogP contribution is 2.37. The molecule has 0 aliphatic carbocycles. The zero-order chi connectivity index (χ0) is 9.43. The number of para-hydroxylation sites is 1. The molecular formula is C12H18Cl2N2. The van der Waals surface area contributed by atoms with E-state index in [0.717, 1.165) is 13.1 Å². The molecule has 1 fully saturated rings. The second-order valence-corrected chi connectivity index (χ2v) is 4.49. The summed E-state index contributed by atoms with van der Waals surface area (Å²) >= 11 is 0. The summed E-state index contributed by atoms with van der Waals surface area (Å²) in [5, 5.41) is 7.13. The minimum atomic E-state index is 0. The Hall–Kier alpha value is -0.440. The second-order valence-electron chi connectivity index (χ2n) is 4.49. The summed E-state index contributed by atoms with van der Waals surface area (Å²) in [5.74, 6) is 0. The van der Waals surface area contributed by atoms with Crippen LogP contribution in [0.3, 0.4) is 0 Å². The van der Waals surface area contributed by atoms with Crippen molar-refractivity contribution in [3.63, 3.8) is 0 Å². The molecule has 1 spiro atoms. The molecule has 1 aromatic rings.